The van der Waals surface area contributed by atoms with Gasteiger partial charge in [-0.1, -0.05) is 19.1 Å². The second kappa shape index (κ2) is 8.03. The summed E-state index contributed by atoms with van der Waals surface area (Å²) in [6.45, 7) is 8.78. The first-order valence-corrected chi connectivity index (χ1v) is 9.48. The Balaban J connectivity index is 1.60. The van der Waals surface area contributed by atoms with E-state index in [0.717, 1.165) is 32.6 Å². The van der Waals surface area contributed by atoms with E-state index in [9.17, 15) is 14.9 Å². The number of benzene rings is 1. The predicted molar refractivity (Wildman–Crippen MR) is 101 cm³/mol. The molecule has 0 aliphatic carbocycles. The molecule has 142 valence electrons. The quantitative estimate of drug-likeness (QED) is 0.609. The second-order valence-corrected chi connectivity index (χ2v) is 7.48. The monoisotopic (exact) mass is 360 g/mol. The van der Waals surface area contributed by atoms with Gasteiger partial charge in [-0.05, 0) is 31.7 Å². The summed E-state index contributed by atoms with van der Waals surface area (Å²) in [5.74, 6) is 0.797. The van der Waals surface area contributed by atoms with Crippen molar-refractivity contribution in [1.29, 1.82) is 0 Å². The van der Waals surface area contributed by atoms with E-state index in [2.05, 4.69) is 16.7 Å². The minimum Gasteiger partial charge on any atom is -0.363 e. The lowest BCUT2D eigenvalue weighted by molar-refractivity contribution is -0.384. The smallest absolute Gasteiger partial charge is 0.292 e. The summed E-state index contributed by atoms with van der Waals surface area (Å²) in [5.41, 5.74) is 0.813. The molecule has 0 spiro atoms. The molecule has 1 aromatic carbocycles. The Labute approximate surface area is 154 Å². The maximum Gasteiger partial charge on any atom is 0.292 e. The van der Waals surface area contributed by atoms with E-state index in [0.29, 0.717) is 24.7 Å². The number of hydrogen-bond acceptors (Lipinski definition) is 5. The molecule has 2 atom stereocenters. The molecular weight excluding hydrogens is 332 g/mol. The van der Waals surface area contributed by atoms with Gasteiger partial charge < -0.3 is 9.80 Å². The van der Waals surface area contributed by atoms with Crippen LogP contribution in [0.3, 0.4) is 0 Å². The van der Waals surface area contributed by atoms with Crippen LogP contribution in [-0.4, -0.2) is 65.9 Å². The number of nitrogens with zero attached hydrogens (tertiary/aromatic N) is 4. The molecule has 26 heavy (non-hydrogen) atoms. The van der Waals surface area contributed by atoms with Crippen molar-refractivity contribution in [3.8, 4) is 0 Å². The lowest BCUT2D eigenvalue weighted by Crippen LogP contribution is -2.55. The summed E-state index contributed by atoms with van der Waals surface area (Å²) in [6, 6.07) is 6.74. The highest BCUT2D eigenvalue weighted by Crippen LogP contribution is 2.28. The molecule has 0 N–H and O–H groups in total. The number of nitro benzene ring substituents is 1. The number of piperazine rings is 1. The van der Waals surface area contributed by atoms with Crippen LogP contribution < -0.4 is 4.90 Å². The Morgan fingerprint density at radius 3 is 2.54 bits per heavy atom. The third-order valence-corrected chi connectivity index (χ3v) is 5.61. The molecule has 0 bridgehead atoms. The molecule has 2 saturated heterocycles. The van der Waals surface area contributed by atoms with Gasteiger partial charge in [0.25, 0.3) is 5.69 Å². The third kappa shape index (κ3) is 3.98. The van der Waals surface area contributed by atoms with E-state index in [-0.39, 0.29) is 22.6 Å². The van der Waals surface area contributed by atoms with Crippen molar-refractivity contribution in [3.63, 3.8) is 0 Å². The predicted octanol–water partition coefficient (Wildman–Crippen LogP) is 2.36. The highest BCUT2D eigenvalue weighted by molar-refractivity contribution is 5.81. The summed E-state index contributed by atoms with van der Waals surface area (Å²) in [6.07, 6.45) is 2.29. The van der Waals surface area contributed by atoms with Gasteiger partial charge in [-0.15, -0.1) is 0 Å². The topological polar surface area (TPSA) is 69.9 Å². The number of anilines is 1. The van der Waals surface area contributed by atoms with E-state index in [4.69, 9.17) is 0 Å². The van der Waals surface area contributed by atoms with Crippen LogP contribution in [0.25, 0.3) is 0 Å². The van der Waals surface area contributed by atoms with Crippen molar-refractivity contribution in [2.75, 3.05) is 44.2 Å². The van der Waals surface area contributed by atoms with Crippen LogP contribution in [0.15, 0.2) is 24.3 Å². The number of carbonyl (C=O) groups excluding carboxylic acids is 1. The average Bonchev–Trinajstić information content (AvgIpc) is 2.67. The van der Waals surface area contributed by atoms with Gasteiger partial charge in [-0.2, -0.15) is 0 Å². The molecule has 0 radical (unpaired) electrons. The first-order chi connectivity index (χ1) is 12.5. The SMILES string of the molecule is C[C@@H]1CCCN(C(=O)[C@@H](C)N2CCN(c3ccccc3[N+](=O)[O-])CC2)C1. The molecule has 1 amide bonds. The molecule has 3 rings (SSSR count). The molecule has 2 fully saturated rings. The molecule has 2 aliphatic rings. The van der Waals surface area contributed by atoms with Gasteiger partial charge in [0.15, 0.2) is 0 Å². The highest BCUT2D eigenvalue weighted by atomic mass is 16.6. The fraction of sp³-hybridized carbons (Fsp3) is 0.632. The van der Waals surface area contributed by atoms with Crippen molar-refractivity contribution < 1.29 is 9.72 Å². The van der Waals surface area contributed by atoms with Crippen LogP contribution in [0.2, 0.25) is 0 Å². The Bertz CT molecular complexity index is 658. The number of likely N-dealkylation sites (tertiary alicyclic amines) is 1. The molecular formula is C19H28N4O3. The van der Waals surface area contributed by atoms with Gasteiger partial charge in [-0.25, -0.2) is 0 Å². The van der Waals surface area contributed by atoms with Gasteiger partial charge in [0.2, 0.25) is 5.91 Å². The zero-order chi connectivity index (χ0) is 18.7. The zero-order valence-electron chi connectivity index (χ0n) is 15.6. The number of carbonyl (C=O) groups is 1. The van der Waals surface area contributed by atoms with E-state index in [1.54, 1.807) is 18.2 Å². The van der Waals surface area contributed by atoms with E-state index in [1.807, 2.05) is 17.9 Å². The lowest BCUT2D eigenvalue weighted by atomic mass is 9.99. The first kappa shape index (κ1) is 18.6. The standard InChI is InChI=1S/C19H28N4O3/c1-15-6-5-9-22(14-15)19(24)16(2)20-10-12-21(13-11-20)17-7-3-4-8-18(17)23(25)26/h3-4,7-8,15-16H,5-6,9-14H2,1-2H3/t15-,16-/m1/s1. The second-order valence-electron chi connectivity index (χ2n) is 7.48. The minimum absolute atomic E-state index is 0.131. The van der Waals surface area contributed by atoms with Crippen LogP contribution >= 0.6 is 0 Å². The van der Waals surface area contributed by atoms with Crippen LogP contribution in [0.5, 0.6) is 0 Å². The van der Waals surface area contributed by atoms with Crippen molar-refractivity contribution in [3.05, 3.63) is 34.4 Å². The normalized spacial score (nSPS) is 22.9. The van der Waals surface area contributed by atoms with Crippen molar-refractivity contribution in [2.45, 2.75) is 32.7 Å². The maximum absolute atomic E-state index is 12.8. The molecule has 1 aromatic rings. The fourth-order valence-corrected chi connectivity index (χ4v) is 4.05. The maximum atomic E-state index is 12.8. The largest absolute Gasteiger partial charge is 0.363 e. The molecule has 2 aliphatic heterocycles. The third-order valence-electron chi connectivity index (χ3n) is 5.61. The molecule has 0 aromatic heterocycles. The van der Waals surface area contributed by atoms with Crippen LogP contribution in [0.4, 0.5) is 11.4 Å². The summed E-state index contributed by atoms with van der Waals surface area (Å²) < 4.78 is 0. The number of nitro groups is 1. The van der Waals surface area contributed by atoms with Gasteiger partial charge in [0.05, 0.1) is 11.0 Å². The highest BCUT2D eigenvalue weighted by Gasteiger charge is 2.31. The fourth-order valence-electron chi connectivity index (χ4n) is 4.05. The van der Waals surface area contributed by atoms with E-state index in [1.165, 1.54) is 6.42 Å². The molecule has 0 saturated carbocycles. The molecule has 7 heteroatoms. The Morgan fingerprint density at radius 1 is 1.19 bits per heavy atom. The Morgan fingerprint density at radius 2 is 1.88 bits per heavy atom. The van der Waals surface area contributed by atoms with Crippen molar-refractivity contribution in [2.24, 2.45) is 5.92 Å². The number of piperidine rings is 1. The number of amides is 1. The van der Waals surface area contributed by atoms with Gasteiger partial charge in [-0.3, -0.25) is 19.8 Å². The van der Waals surface area contributed by atoms with Gasteiger partial charge >= 0.3 is 0 Å². The minimum atomic E-state index is -0.328. The van der Waals surface area contributed by atoms with Crippen molar-refractivity contribution in [1.82, 2.24) is 9.80 Å². The van der Waals surface area contributed by atoms with E-state index < -0.39 is 0 Å². The number of hydrogen-bond donors (Lipinski definition) is 0. The zero-order valence-corrected chi connectivity index (χ0v) is 15.6. The van der Waals surface area contributed by atoms with E-state index >= 15 is 0 Å². The van der Waals surface area contributed by atoms with Crippen molar-refractivity contribution >= 4 is 17.3 Å². The molecule has 2 heterocycles. The van der Waals surface area contributed by atoms with Gasteiger partial charge in [0, 0.05) is 45.3 Å². The molecule has 7 nitrogen and oxygen atoms in total. The lowest BCUT2D eigenvalue weighted by Gasteiger charge is -2.40. The van der Waals surface area contributed by atoms with Crippen LogP contribution in [0, 0.1) is 16.0 Å². The number of para-hydroxylation sites is 2. The summed E-state index contributed by atoms with van der Waals surface area (Å²) >= 11 is 0. The van der Waals surface area contributed by atoms with Gasteiger partial charge in [0.1, 0.15) is 5.69 Å². The summed E-state index contributed by atoms with van der Waals surface area (Å²) in [5, 5.41) is 11.2. The molecule has 0 unspecified atom stereocenters. The van der Waals surface area contributed by atoms with Crippen LogP contribution in [-0.2, 0) is 4.79 Å². The summed E-state index contributed by atoms with van der Waals surface area (Å²) in [4.78, 5) is 30.0. The van der Waals surface area contributed by atoms with Crippen LogP contribution in [0.1, 0.15) is 26.7 Å². The average molecular weight is 360 g/mol. The first-order valence-electron chi connectivity index (χ1n) is 9.48. The Kier molecular flexibility index (Phi) is 5.76. The number of rotatable bonds is 4. The Hall–Kier alpha value is -2.15. The summed E-state index contributed by atoms with van der Waals surface area (Å²) in [7, 11) is 0.